The Morgan fingerprint density at radius 1 is 1.41 bits per heavy atom. The van der Waals surface area contributed by atoms with Crippen LogP contribution in [0.15, 0.2) is 24.3 Å². The summed E-state index contributed by atoms with van der Waals surface area (Å²) in [5.41, 5.74) is 7.41. The van der Waals surface area contributed by atoms with Crippen LogP contribution in [0.4, 0.5) is 0 Å². The standard InChI is InChI=1S/C13H17NO3/c14-11(12(16)17)7-9-3-1-2-4-10(9)13(8-15)5-6-13/h1-4,11,15H,5-8,14H2,(H,16,17). The molecule has 0 spiro atoms. The van der Waals surface area contributed by atoms with Gasteiger partial charge in [-0.05, 0) is 30.4 Å². The number of aliphatic hydroxyl groups excluding tert-OH is 1. The quantitative estimate of drug-likeness (QED) is 0.700. The number of carboxylic acids is 1. The van der Waals surface area contributed by atoms with Crippen molar-refractivity contribution >= 4 is 5.97 Å². The monoisotopic (exact) mass is 235 g/mol. The Hall–Kier alpha value is -1.39. The summed E-state index contributed by atoms with van der Waals surface area (Å²) in [4.78, 5) is 10.8. The van der Waals surface area contributed by atoms with E-state index in [1.807, 2.05) is 24.3 Å². The Morgan fingerprint density at radius 3 is 2.59 bits per heavy atom. The molecule has 0 aromatic heterocycles. The molecule has 0 bridgehead atoms. The number of carboxylic acid groups (broad SMARTS) is 1. The lowest BCUT2D eigenvalue weighted by Gasteiger charge is -2.18. The van der Waals surface area contributed by atoms with Crippen molar-refractivity contribution in [3.63, 3.8) is 0 Å². The Bertz CT molecular complexity index is 426. The summed E-state index contributed by atoms with van der Waals surface area (Å²) in [6, 6.07) is 6.77. The molecule has 0 amide bonds. The lowest BCUT2D eigenvalue weighted by Crippen LogP contribution is -2.33. The van der Waals surface area contributed by atoms with Crippen LogP contribution >= 0.6 is 0 Å². The Balaban J connectivity index is 2.25. The SMILES string of the molecule is NC(Cc1ccccc1C1(CO)CC1)C(=O)O. The lowest BCUT2D eigenvalue weighted by atomic mass is 9.89. The second-order valence-corrected chi connectivity index (χ2v) is 4.74. The Morgan fingerprint density at radius 2 is 2.06 bits per heavy atom. The van der Waals surface area contributed by atoms with Crippen LogP contribution in [0.5, 0.6) is 0 Å². The van der Waals surface area contributed by atoms with E-state index in [0.29, 0.717) is 6.42 Å². The number of benzene rings is 1. The third-order valence-corrected chi connectivity index (χ3v) is 3.50. The number of rotatable bonds is 5. The van der Waals surface area contributed by atoms with Crippen molar-refractivity contribution < 1.29 is 15.0 Å². The zero-order valence-corrected chi connectivity index (χ0v) is 9.60. The molecule has 0 radical (unpaired) electrons. The average Bonchev–Trinajstić information content (AvgIpc) is 3.10. The second-order valence-electron chi connectivity index (χ2n) is 4.74. The molecule has 0 heterocycles. The van der Waals surface area contributed by atoms with Crippen molar-refractivity contribution in [1.82, 2.24) is 0 Å². The summed E-state index contributed by atoms with van der Waals surface area (Å²) >= 11 is 0. The maximum absolute atomic E-state index is 10.8. The summed E-state index contributed by atoms with van der Waals surface area (Å²) in [6.45, 7) is 0.117. The van der Waals surface area contributed by atoms with Crippen molar-refractivity contribution in [2.45, 2.75) is 30.7 Å². The molecule has 4 heteroatoms. The van der Waals surface area contributed by atoms with Gasteiger partial charge in [0.15, 0.2) is 0 Å². The molecule has 1 aromatic carbocycles. The van der Waals surface area contributed by atoms with E-state index in [0.717, 1.165) is 24.0 Å². The number of aliphatic carboxylic acids is 1. The van der Waals surface area contributed by atoms with Gasteiger partial charge in [0, 0.05) is 5.41 Å². The first-order valence-electron chi connectivity index (χ1n) is 5.77. The number of aliphatic hydroxyl groups is 1. The largest absolute Gasteiger partial charge is 0.480 e. The number of carbonyl (C=O) groups is 1. The fraction of sp³-hybridized carbons (Fsp3) is 0.462. The van der Waals surface area contributed by atoms with Gasteiger partial charge in [0.25, 0.3) is 0 Å². The molecular formula is C13H17NO3. The molecule has 1 aliphatic carbocycles. The molecule has 4 nitrogen and oxygen atoms in total. The third kappa shape index (κ3) is 2.33. The van der Waals surface area contributed by atoms with E-state index in [2.05, 4.69) is 0 Å². The van der Waals surface area contributed by atoms with Crippen molar-refractivity contribution in [3.05, 3.63) is 35.4 Å². The van der Waals surface area contributed by atoms with Gasteiger partial charge in [-0.25, -0.2) is 0 Å². The minimum absolute atomic E-state index is 0.117. The molecule has 0 saturated heterocycles. The number of hydrogen-bond acceptors (Lipinski definition) is 3. The highest BCUT2D eigenvalue weighted by Gasteiger charge is 2.44. The summed E-state index contributed by atoms with van der Waals surface area (Å²) in [6.07, 6.45) is 2.24. The minimum atomic E-state index is -0.992. The smallest absolute Gasteiger partial charge is 0.320 e. The molecule has 1 saturated carbocycles. The van der Waals surface area contributed by atoms with Crippen LogP contribution in [-0.4, -0.2) is 28.8 Å². The normalized spacial score (nSPS) is 18.7. The molecule has 4 N–H and O–H groups in total. The van der Waals surface area contributed by atoms with Crippen LogP contribution in [0.1, 0.15) is 24.0 Å². The molecule has 0 aliphatic heterocycles. The van der Waals surface area contributed by atoms with Gasteiger partial charge in [-0.3, -0.25) is 4.79 Å². The maximum atomic E-state index is 10.8. The van der Waals surface area contributed by atoms with Crippen molar-refractivity contribution in [1.29, 1.82) is 0 Å². The van der Waals surface area contributed by atoms with E-state index < -0.39 is 12.0 Å². The molecule has 1 fully saturated rings. The summed E-state index contributed by atoms with van der Waals surface area (Å²) in [7, 11) is 0. The number of nitrogens with two attached hydrogens (primary N) is 1. The van der Waals surface area contributed by atoms with E-state index in [-0.39, 0.29) is 12.0 Å². The van der Waals surface area contributed by atoms with Gasteiger partial charge in [0.2, 0.25) is 0 Å². The molecule has 1 aromatic rings. The van der Waals surface area contributed by atoms with Crippen LogP contribution in [0.2, 0.25) is 0 Å². The molecule has 2 rings (SSSR count). The predicted molar refractivity (Wildman–Crippen MR) is 63.8 cm³/mol. The van der Waals surface area contributed by atoms with Gasteiger partial charge in [-0.15, -0.1) is 0 Å². The topological polar surface area (TPSA) is 83.5 Å². The van der Waals surface area contributed by atoms with E-state index in [4.69, 9.17) is 10.8 Å². The first-order chi connectivity index (χ1) is 8.09. The van der Waals surface area contributed by atoms with Crippen LogP contribution in [-0.2, 0) is 16.6 Å². The van der Waals surface area contributed by atoms with E-state index in [1.165, 1.54) is 0 Å². The van der Waals surface area contributed by atoms with Crippen molar-refractivity contribution in [2.75, 3.05) is 6.61 Å². The summed E-state index contributed by atoms with van der Waals surface area (Å²) in [5, 5.41) is 18.3. The molecule has 1 unspecified atom stereocenters. The second kappa shape index (κ2) is 4.47. The molecule has 92 valence electrons. The average molecular weight is 235 g/mol. The fourth-order valence-electron chi connectivity index (χ4n) is 2.20. The van der Waals surface area contributed by atoms with Gasteiger partial charge in [-0.2, -0.15) is 0 Å². The zero-order chi connectivity index (χ0) is 12.5. The zero-order valence-electron chi connectivity index (χ0n) is 9.60. The van der Waals surface area contributed by atoms with Crippen LogP contribution in [0.3, 0.4) is 0 Å². The van der Waals surface area contributed by atoms with Gasteiger partial charge >= 0.3 is 5.97 Å². The van der Waals surface area contributed by atoms with Crippen LogP contribution < -0.4 is 5.73 Å². The highest BCUT2D eigenvalue weighted by atomic mass is 16.4. The minimum Gasteiger partial charge on any atom is -0.480 e. The third-order valence-electron chi connectivity index (χ3n) is 3.50. The van der Waals surface area contributed by atoms with Crippen LogP contribution in [0, 0.1) is 0 Å². The molecule has 17 heavy (non-hydrogen) atoms. The Kier molecular flexibility index (Phi) is 3.17. The lowest BCUT2D eigenvalue weighted by molar-refractivity contribution is -0.138. The van der Waals surface area contributed by atoms with Gasteiger partial charge < -0.3 is 15.9 Å². The maximum Gasteiger partial charge on any atom is 0.320 e. The summed E-state index contributed by atoms with van der Waals surface area (Å²) in [5.74, 6) is -0.992. The molecular weight excluding hydrogens is 218 g/mol. The van der Waals surface area contributed by atoms with Crippen LogP contribution in [0.25, 0.3) is 0 Å². The van der Waals surface area contributed by atoms with E-state index >= 15 is 0 Å². The highest BCUT2D eigenvalue weighted by Crippen LogP contribution is 2.48. The van der Waals surface area contributed by atoms with E-state index in [1.54, 1.807) is 0 Å². The van der Waals surface area contributed by atoms with Gasteiger partial charge in [0.1, 0.15) is 6.04 Å². The molecule has 1 aliphatic rings. The highest BCUT2D eigenvalue weighted by molar-refractivity contribution is 5.73. The first kappa shape index (κ1) is 12.1. The summed E-state index contributed by atoms with van der Waals surface area (Å²) < 4.78 is 0. The van der Waals surface area contributed by atoms with Gasteiger partial charge in [-0.1, -0.05) is 24.3 Å². The number of hydrogen-bond donors (Lipinski definition) is 3. The fourth-order valence-corrected chi connectivity index (χ4v) is 2.20. The van der Waals surface area contributed by atoms with E-state index in [9.17, 15) is 9.90 Å². The Labute approximate surface area is 100 Å². The molecule has 1 atom stereocenters. The van der Waals surface area contributed by atoms with Crippen molar-refractivity contribution in [2.24, 2.45) is 5.73 Å². The predicted octanol–water partition coefficient (Wildman–Crippen LogP) is 0.665. The van der Waals surface area contributed by atoms with Gasteiger partial charge in [0.05, 0.1) is 6.61 Å². The van der Waals surface area contributed by atoms with Crippen molar-refractivity contribution in [3.8, 4) is 0 Å². The first-order valence-corrected chi connectivity index (χ1v) is 5.77.